The molecule has 6 nitrogen and oxygen atoms in total. The molecule has 2 aliphatic rings. The molecule has 0 aromatic heterocycles. The number of rotatable bonds is 6. The molecule has 2 aliphatic heterocycles. The fraction of sp³-hybridized carbons (Fsp3) is 0.276. The van der Waals surface area contributed by atoms with E-state index in [9.17, 15) is 14.4 Å². The predicted molar refractivity (Wildman–Crippen MR) is 142 cm³/mol. The molecule has 0 spiro atoms. The first-order valence-electron chi connectivity index (χ1n) is 12.2. The van der Waals surface area contributed by atoms with Crippen LogP contribution in [0, 0.1) is 5.92 Å². The summed E-state index contributed by atoms with van der Waals surface area (Å²) in [5.74, 6) is 0.601. The van der Waals surface area contributed by atoms with Gasteiger partial charge in [-0.15, -0.1) is 0 Å². The highest BCUT2D eigenvalue weighted by Crippen LogP contribution is 2.37. The molecule has 2 saturated heterocycles. The van der Waals surface area contributed by atoms with Crippen molar-refractivity contribution in [1.29, 1.82) is 0 Å². The van der Waals surface area contributed by atoms with Gasteiger partial charge in [0.15, 0.2) is 0 Å². The minimum Gasteiger partial charge on any atom is -0.488 e. The summed E-state index contributed by atoms with van der Waals surface area (Å²) < 4.78 is 6.16. The van der Waals surface area contributed by atoms with Gasteiger partial charge in [0, 0.05) is 18.7 Å². The number of carbonyl (C=O) groups is 3. The summed E-state index contributed by atoms with van der Waals surface area (Å²) in [6.45, 7) is 3.68. The van der Waals surface area contributed by atoms with E-state index in [2.05, 4.69) is 6.92 Å². The minimum absolute atomic E-state index is 0.178. The van der Waals surface area contributed by atoms with E-state index in [4.69, 9.17) is 4.74 Å². The molecule has 0 radical (unpaired) electrons. The molecule has 0 saturated carbocycles. The van der Waals surface area contributed by atoms with Crippen molar-refractivity contribution >= 4 is 45.7 Å². The van der Waals surface area contributed by atoms with Gasteiger partial charge in [-0.25, -0.2) is 0 Å². The largest absolute Gasteiger partial charge is 0.488 e. The van der Waals surface area contributed by atoms with Crippen molar-refractivity contribution in [2.24, 2.45) is 5.92 Å². The molecule has 3 aromatic carbocycles. The smallest absolute Gasteiger partial charge is 0.294 e. The van der Waals surface area contributed by atoms with Crippen molar-refractivity contribution in [1.82, 2.24) is 9.80 Å². The molecule has 2 heterocycles. The van der Waals surface area contributed by atoms with E-state index in [1.807, 2.05) is 66.7 Å². The highest BCUT2D eigenvalue weighted by molar-refractivity contribution is 8.18. The third kappa shape index (κ3) is 5.16. The molecular formula is C29H28N2O4S. The molecule has 0 aliphatic carbocycles. The van der Waals surface area contributed by atoms with Gasteiger partial charge in [0.1, 0.15) is 18.9 Å². The number of fused-ring (bicyclic) bond motifs is 1. The molecule has 3 amide bonds. The van der Waals surface area contributed by atoms with E-state index in [-0.39, 0.29) is 12.5 Å². The van der Waals surface area contributed by atoms with Gasteiger partial charge in [-0.3, -0.25) is 19.3 Å². The molecular weight excluding hydrogens is 472 g/mol. The summed E-state index contributed by atoms with van der Waals surface area (Å²) in [7, 11) is 0. The molecule has 2 fully saturated rings. The van der Waals surface area contributed by atoms with Crippen molar-refractivity contribution in [3.05, 3.63) is 82.8 Å². The normalized spacial score (nSPS) is 17.9. The number of benzene rings is 3. The van der Waals surface area contributed by atoms with Crippen LogP contribution in [0.3, 0.4) is 0 Å². The first kappa shape index (κ1) is 24.1. The Labute approximate surface area is 214 Å². The third-order valence-electron chi connectivity index (χ3n) is 6.75. The fourth-order valence-corrected chi connectivity index (χ4v) is 5.37. The van der Waals surface area contributed by atoms with Crippen molar-refractivity contribution < 1.29 is 19.1 Å². The number of ether oxygens (including phenoxy) is 1. The number of imide groups is 1. The number of hydrogen-bond donors (Lipinski definition) is 0. The topological polar surface area (TPSA) is 66.9 Å². The standard InChI is InChI=1S/C29H28N2O4S/c1-20-13-15-30(16-14-20)27(32)18-31-28(33)26(36-29(31)34)17-24-23-10-6-5-9-22(23)11-12-25(24)35-19-21-7-3-2-4-8-21/h2-12,17,20H,13-16,18-19H2,1H3/b26-17+. The van der Waals surface area contributed by atoms with Crippen LogP contribution < -0.4 is 4.74 Å². The van der Waals surface area contributed by atoms with Gasteiger partial charge in [0.2, 0.25) is 5.91 Å². The van der Waals surface area contributed by atoms with E-state index < -0.39 is 11.1 Å². The van der Waals surface area contributed by atoms with Gasteiger partial charge < -0.3 is 9.64 Å². The Hall–Kier alpha value is -3.58. The van der Waals surface area contributed by atoms with Gasteiger partial charge in [-0.1, -0.05) is 67.6 Å². The van der Waals surface area contributed by atoms with Crippen LogP contribution in [0.4, 0.5) is 4.79 Å². The van der Waals surface area contributed by atoms with E-state index >= 15 is 0 Å². The number of thioether (sulfide) groups is 1. The van der Waals surface area contributed by atoms with Crippen molar-refractivity contribution in [3.63, 3.8) is 0 Å². The number of likely N-dealkylation sites (tertiary alicyclic amines) is 1. The second kappa shape index (κ2) is 10.6. The Balaban J connectivity index is 1.40. The molecule has 0 bridgehead atoms. The molecule has 0 unspecified atom stereocenters. The molecule has 36 heavy (non-hydrogen) atoms. The molecule has 5 rings (SSSR count). The van der Waals surface area contributed by atoms with Gasteiger partial charge >= 0.3 is 0 Å². The second-order valence-corrected chi connectivity index (χ2v) is 10.3. The zero-order valence-electron chi connectivity index (χ0n) is 20.2. The van der Waals surface area contributed by atoms with Gasteiger partial charge in [0.05, 0.1) is 4.91 Å². The maximum absolute atomic E-state index is 13.2. The summed E-state index contributed by atoms with van der Waals surface area (Å²) >= 11 is 0.870. The van der Waals surface area contributed by atoms with Crippen molar-refractivity contribution in [3.8, 4) is 5.75 Å². The lowest BCUT2D eigenvalue weighted by atomic mass is 9.99. The van der Waals surface area contributed by atoms with Crippen LogP contribution in [-0.2, 0) is 16.2 Å². The van der Waals surface area contributed by atoms with Crippen LogP contribution in [0.15, 0.2) is 71.6 Å². The van der Waals surface area contributed by atoms with Gasteiger partial charge in [0.25, 0.3) is 11.1 Å². The first-order chi connectivity index (χ1) is 17.5. The van der Waals surface area contributed by atoms with E-state index in [1.54, 1.807) is 11.0 Å². The Kier molecular flexibility index (Phi) is 7.09. The Morgan fingerprint density at radius 2 is 1.72 bits per heavy atom. The number of carbonyl (C=O) groups excluding carboxylic acids is 3. The zero-order chi connectivity index (χ0) is 25.1. The average molecular weight is 501 g/mol. The SMILES string of the molecule is CC1CCN(C(=O)CN2C(=O)S/C(=C/c3c(OCc4ccccc4)ccc4ccccc34)C2=O)CC1. The van der Waals surface area contributed by atoms with Crippen LogP contribution in [0.5, 0.6) is 5.75 Å². The third-order valence-corrected chi connectivity index (χ3v) is 7.65. The zero-order valence-corrected chi connectivity index (χ0v) is 21.0. The van der Waals surface area contributed by atoms with Crippen LogP contribution >= 0.6 is 11.8 Å². The Bertz CT molecular complexity index is 1330. The maximum Gasteiger partial charge on any atom is 0.294 e. The van der Waals surface area contributed by atoms with Crippen molar-refractivity contribution in [2.45, 2.75) is 26.4 Å². The quantitative estimate of drug-likeness (QED) is 0.406. The second-order valence-electron chi connectivity index (χ2n) is 9.30. The summed E-state index contributed by atoms with van der Waals surface area (Å²) in [4.78, 5) is 41.9. The number of hydrogen-bond acceptors (Lipinski definition) is 5. The molecule has 3 aromatic rings. The van der Waals surface area contributed by atoms with Crippen molar-refractivity contribution in [2.75, 3.05) is 19.6 Å². The van der Waals surface area contributed by atoms with Crippen LogP contribution in [-0.4, -0.2) is 46.5 Å². The lowest BCUT2D eigenvalue weighted by Crippen LogP contribution is -2.45. The summed E-state index contributed by atoms with van der Waals surface area (Å²) in [6, 6.07) is 21.6. The van der Waals surface area contributed by atoms with E-state index in [0.717, 1.165) is 51.4 Å². The molecule has 0 N–H and O–H groups in total. The highest BCUT2D eigenvalue weighted by atomic mass is 32.2. The minimum atomic E-state index is -0.439. The number of amides is 3. The lowest BCUT2D eigenvalue weighted by Gasteiger charge is -2.31. The summed E-state index contributed by atoms with van der Waals surface area (Å²) in [6.07, 6.45) is 3.61. The predicted octanol–water partition coefficient (Wildman–Crippen LogP) is 5.71. The lowest BCUT2D eigenvalue weighted by molar-refractivity contribution is -0.136. The maximum atomic E-state index is 13.2. The molecule has 0 atom stereocenters. The number of nitrogens with zero attached hydrogens (tertiary/aromatic N) is 2. The molecule has 7 heteroatoms. The average Bonchev–Trinajstić information content (AvgIpc) is 3.16. The molecule has 184 valence electrons. The van der Waals surface area contributed by atoms with Crippen LogP contribution in [0.1, 0.15) is 30.9 Å². The van der Waals surface area contributed by atoms with E-state index in [1.165, 1.54) is 0 Å². The fourth-order valence-electron chi connectivity index (χ4n) is 4.55. The van der Waals surface area contributed by atoms with E-state index in [0.29, 0.717) is 36.3 Å². The Morgan fingerprint density at radius 3 is 2.50 bits per heavy atom. The first-order valence-corrected chi connectivity index (χ1v) is 13.0. The van der Waals surface area contributed by atoms with Gasteiger partial charge in [-0.05, 0) is 59.0 Å². The summed E-state index contributed by atoms with van der Waals surface area (Å²) in [5, 5.41) is 1.51. The summed E-state index contributed by atoms with van der Waals surface area (Å²) in [5.41, 5.74) is 1.77. The van der Waals surface area contributed by atoms with Crippen LogP contribution in [0.25, 0.3) is 16.8 Å². The monoisotopic (exact) mass is 500 g/mol. The highest BCUT2D eigenvalue weighted by Gasteiger charge is 2.37. The van der Waals surface area contributed by atoms with Crippen LogP contribution in [0.2, 0.25) is 0 Å². The number of piperidine rings is 1. The van der Waals surface area contributed by atoms with Gasteiger partial charge in [-0.2, -0.15) is 0 Å². The Morgan fingerprint density at radius 1 is 1.00 bits per heavy atom.